The van der Waals surface area contributed by atoms with Gasteiger partial charge >= 0.3 is 11.4 Å². The number of aliphatic hydroxyl groups is 4. The Morgan fingerprint density at radius 3 is 1.83 bits per heavy atom. The molecule has 0 saturated carbocycles. The van der Waals surface area contributed by atoms with Crippen LogP contribution in [-0.4, -0.2) is 89.2 Å². The quantitative estimate of drug-likeness (QED) is 0.195. The molecular weight excluding hydrogens is 472 g/mol. The van der Waals surface area contributed by atoms with Crippen LogP contribution in [0.15, 0.2) is 37.6 Å². The van der Waals surface area contributed by atoms with Crippen molar-refractivity contribution in [2.45, 2.75) is 55.9 Å². The number of aryl methyl sites for hydroxylation is 1. The molecule has 8 atom stereocenters. The SMILES string of the molecule is Cc1cn([C@H]2O[C@@H](CO)C(O)C2N)c(=O)[nH]c1=O.NC1C(O)[C@H](CO)O[C@@H]1n1ccc(=O)[nH]c1=O. The summed E-state index contributed by atoms with van der Waals surface area (Å²) in [6.45, 7) is 0.737. The molecule has 0 bridgehead atoms. The number of aromatic nitrogens is 4. The molecule has 16 nitrogen and oxygen atoms in total. The van der Waals surface area contributed by atoms with E-state index in [1.165, 1.54) is 19.3 Å². The standard InChI is InChI=1S/C10H15N3O5.C9H13N3O5/c1-4-2-13(10(17)12-8(4)16)9-6(11)7(15)5(3-14)18-9;10-6-7(15)4(3-13)17-8(6)12-2-1-5(14)11-9(12)16/h2,5-7,9,14-15H,3,11H2,1H3,(H,12,16,17);1-2,4,6-8,13,15H,3,10H2,(H,11,14,16)/t5-,6?,7?,9-;4-,6?,7?,8-/m00/s1. The van der Waals surface area contributed by atoms with Gasteiger partial charge in [-0.05, 0) is 6.92 Å². The van der Waals surface area contributed by atoms with Gasteiger partial charge in [-0.2, -0.15) is 0 Å². The Kier molecular flexibility index (Phi) is 8.18. The molecule has 2 aliphatic rings. The van der Waals surface area contributed by atoms with Gasteiger partial charge in [0.05, 0.1) is 25.3 Å². The summed E-state index contributed by atoms with van der Waals surface area (Å²) in [5.74, 6) is 0. The van der Waals surface area contributed by atoms with E-state index in [1.54, 1.807) is 0 Å². The van der Waals surface area contributed by atoms with Crippen LogP contribution in [-0.2, 0) is 9.47 Å². The summed E-state index contributed by atoms with van der Waals surface area (Å²) in [5, 5.41) is 37.3. The van der Waals surface area contributed by atoms with E-state index in [0.29, 0.717) is 5.56 Å². The highest BCUT2D eigenvalue weighted by Gasteiger charge is 2.43. The number of nitrogens with one attached hydrogen (secondary N) is 2. The number of nitrogens with two attached hydrogens (primary N) is 2. The van der Waals surface area contributed by atoms with E-state index < -0.39 is 84.7 Å². The number of aliphatic hydroxyl groups excluding tert-OH is 4. The third-order valence-corrected chi connectivity index (χ3v) is 5.74. The molecular formula is C19H28N6O10. The molecule has 16 heteroatoms. The molecule has 2 aromatic rings. The maximum Gasteiger partial charge on any atom is 0.330 e. The van der Waals surface area contributed by atoms with E-state index in [4.69, 9.17) is 31.2 Å². The van der Waals surface area contributed by atoms with Crippen molar-refractivity contribution in [3.8, 4) is 0 Å². The first kappa shape index (κ1) is 26.6. The van der Waals surface area contributed by atoms with Crippen LogP contribution >= 0.6 is 0 Å². The third kappa shape index (κ3) is 5.34. The lowest BCUT2D eigenvalue weighted by molar-refractivity contribution is -0.0465. The minimum absolute atomic E-state index is 0.326. The number of H-pyrrole nitrogens is 2. The molecule has 0 radical (unpaired) electrons. The first-order chi connectivity index (χ1) is 16.5. The Bertz CT molecular complexity index is 1250. The number of ether oxygens (including phenoxy) is 2. The molecule has 10 N–H and O–H groups in total. The molecule has 2 saturated heterocycles. The van der Waals surface area contributed by atoms with Crippen molar-refractivity contribution in [1.29, 1.82) is 0 Å². The molecule has 0 spiro atoms. The van der Waals surface area contributed by atoms with Gasteiger partial charge in [0.2, 0.25) is 0 Å². The zero-order valence-electron chi connectivity index (χ0n) is 18.6. The van der Waals surface area contributed by atoms with Gasteiger partial charge in [0.25, 0.3) is 11.1 Å². The molecule has 0 aromatic carbocycles. The third-order valence-electron chi connectivity index (χ3n) is 5.74. The molecule has 0 amide bonds. The minimum atomic E-state index is -1.07. The number of hydrogen-bond donors (Lipinski definition) is 8. The molecule has 35 heavy (non-hydrogen) atoms. The number of hydrogen-bond acceptors (Lipinski definition) is 12. The van der Waals surface area contributed by atoms with Crippen molar-refractivity contribution in [3.63, 3.8) is 0 Å². The average Bonchev–Trinajstić information content (AvgIpc) is 3.26. The smallest absolute Gasteiger partial charge is 0.330 e. The predicted octanol–water partition coefficient (Wildman–Crippen LogP) is -5.46. The fraction of sp³-hybridized carbons (Fsp3) is 0.579. The van der Waals surface area contributed by atoms with Crippen molar-refractivity contribution < 1.29 is 29.9 Å². The fourth-order valence-electron chi connectivity index (χ4n) is 3.74. The van der Waals surface area contributed by atoms with Crippen LogP contribution < -0.4 is 34.0 Å². The van der Waals surface area contributed by atoms with Crippen molar-refractivity contribution >= 4 is 0 Å². The van der Waals surface area contributed by atoms with Crippen LogP contribution in [0.3, 0.4) is 0 Å². The van der Waals surface area contributed by atoms with Crippen LogP contribution in [0.4, 0.5) is 0 Å². The Morgan fingerprint density at radius 2 is 1.37 bits per heavy atom. The Hall–Kier alpha value is -2.96. The van der Waals surface area contributed by atoms with Crippen LogP contribution in [0.1, 0.15) is 18.0 Å². The van der Waals surface area contributed by atoms with Crippen molar-refractivity contribution in [3.05, 3.63) is 65.7 Å². The summed E-state index contributed by atoms with van der Waals surface area (Å²) >= 11 is 0. The summed E-state index contributed by atoms with van der Waals surface area (Å²) in [7, 11) is 0. The van der Waals surface area contributed by atoms with Gasteiger partial charge in [0, 0.05) is 24.0 Å². The topological polar surface area (TPSA) is 261 Å². The average molecular weight is 500 g/mol. The largest absolute Gasteiger partial charge is 0.394 e. The van der Waals surface area contributed by atoms with Gasteiger partial charge in [-0.1, -0.05) is 0 Å². The minimum Gasteiger partial charge on any atom is -0.394 e. The molecule has 2 aliphatic heterocycles. The van der Waals surface area contributed by atoms with Gasteiger partial charge in [-0.3, -0.25) is 28.7 Å². The van der Waals surface area contributed by atoms with Gasteiger partial charge in [0.1, 0.15) is 24.4 Å². The van der Waals surface area contributed by atoms with Gasteiger partial charge in [-0.25, -0.2) is 9.59 Å². The summed E-state index contributed by atoms with van der Waals surface area (Å²) in [6.07, 6.45) is -3.09. The van der Waals surface area contributed by atoms with Gasteiger partial charge < -0.3 is 41.4 Å². The van der Waals surface area contributed by atoms with Crippen molar-refractivity contribution in [2.24, 2.45) is 11.5 Å². The fourth-order valence-corrected chi connectivity index (χ4v) is 3.74. The molecule has 0 aliphatic carbocycles. The lowest BCUT2D eigenvalue weighted by Gasteiger charge is -2.18. The second-order valence-electron chi connectivity index (χ2n) is 8.13. The summed E-state index contributed by atoms with van der Waals surface area (Å²) in [4.78, 5) is 49.5. The van der Waals surface area contributed by atoms with E-state index in [0.717, 1.165) is 15.2 Å². The van der Waals surface area contributed by atoms with Crippen molar-refractivity contribution in [2.75, 3.05) is 13.2 Å². The molecule has 4 rings (SSSR count). The molecule has 4 heterocycles. The van der Waals surface area contributed by atoms with Crippen molar-refractivity contribution in [1.82, 2.24) is 19.1 Å². The first-order valence-electron chi connectivity index (χ1n) is 10.5. The van der Waals surface area contributed by atoms with E-state index in [1.807, 2.05) is 0 Å². The Labute approximate surface area is 196 Å². The monoisotopic (exact) mass is 500 g/mol. The second-order valence-corrected chi connectivity index (χ2v) is 8.13. The van der Waals surface area contributed by atoms with Crippen LogP contribution in [0.2, 0.25) is 0 Å². The highest BCUT2D eigenvalue weighted by Crippen LogP contribution is 2.27. The molecule has 2 fully saturated rings. The van der Waals surface area contributed by atoms with E-state index >= 15 is 0 Å². The lowest BCUT2D eigenvalue weighted by atomic mass is 10.1. The lowest BCUT2D eigenvalue weighted by Crippen LogP contribution is -2.43. The maximum absolute atomic E-state index is 11.7. The normalized spacial score (nSPS) is 32.3. The van der Waals surface area contributed by atoms with Gasteiger partial charge in [-0.15, -0.1) is 0 Å². The van der Waals surface area contributed by atoms with E-state index in [9.17, 15) is 29.4 Å². The highest BCUT2D eigenvalue weighted by molar-refractivity contribution is 5.03. The van der Waals surface area contributed by atoms with Crippen LogP contribution in [0.25, 0.3) is 0 Å². The molecule has 194 valence electrons. The summed E-state index contributed by atoms with van der Waals surface area (Å²) in [5.41, 5.74) is 9.39. The van der Waals surface area contributed by atoms with E-state index in [2.05, 4.69) is 9.97 Å². The van der Waals surface area contributed by atoms with Gasteiger partial charge in [0.15, 0.2) is 12.5 Å². The first-order valence-corrected chi connectivity index (χ1v) is 10.5. The zero-order chi connectivity index (χ0) is 26.0. The highest BCUT2D eigenvalue weighted by atomic mass is 16.6. The Balaban J connectivity index is 0.000000196. The van der Waals surface area contributed by atoms with E-state index in [-0.39, 0.29) is 0 Å². The summed E-state index contributed by atoms with van der Waals surface area (Å²) < 4.78 is 12.8. The number of nitrogens with zero attached hydrogens (tertiary/aromatic N) is 2. The zero-order valence-corrected chi connectivity index (χ0v) is 18.6. The number of rotatable bonds is 4. The maximum atomic E-state index is 11.7. The second kappa shape index (κ2) is 10.8. The molecule has 2 aromatic heterocycles. The number of aromatic amines is 2. The Morgan fingerprint density at radius 1 is 0.886 bits per heavy atom. The predicted molar refractivity (Wildman–Crippen MR) is 117 cm³/mol. The summed E-state index contributed by atoms with van der Waals surface area (Å²) in [6, 6.07) is -0.559. The van der Waals surface area contributed by atoms with Crippen LogP contribution in [0.5, 0.6) is 0 Å². The molecule has 4 unspecified atom stereocenters. The van der Waals surface area contributed by atoms with Crippen LogP contribution in [0, 0.1) is 6.92 Å².